The smallest absolute Gasteiger partial charge is 0.254 e. The molecule has 1 aliphatic carbocycles. The molecular formula is C24H28ClN5O3. The molecule has 0 spiro atoms. The Morgan fingerprint density at radius 2 is 1.94 bits per heavy atom. The van der Waals surface area contributed by atoms with Gasteiger partial charge < -0.3 is 20.3 Å². The minimum atomic E-state index is -0.140. The van der Waals surface area contributed by atoms with Crippen LogP contribution in [0.15, 0.2) is 24.4 Å². The van der Waals surface area contributed by atoms with Crippen LogP contribution < -0.4 is 10.6 Å². The van der Waals surface area contributed by atoms with Crippen molar-refractivity contribution in [1.29, 1.82) is 0 Å². The van der Waals surface area contributed by atoms with Gasteiger partial charge in [-0.1, -0.05) is 36.6 Å². The molecule has 0 radical (unpaired) electrons. The minimum Gasteiger partial charge on any atom is -0.381 e. The maximum Gasteiger partial charge on any atom is 0.254 e. The normalized spacial score (nSPS) is 19.1. The minimum absolute atomic E-state index is 0.0762. The van der Waals surface area contributed by atoms with E-state index in [1.54, 1.807) is 11.1 Å². The number of carbonyl (C=O) groups is 2. The number of anilines is 1. The van der Waals surface area contributed by atoms with Crippen molar-refractivity contribution < 1.29 is 14.3 Å². The van der Waals surface area contributed by atoms with Gasteiger partial charge in [0, 0.05) is 43.0 Å². The van der Waals surface area contributed by atoms with Crippen LogP contribution >= 0.6 is 11.6 Å². The average molecular weight is 470 g/mol. The molecule has 1 aromatic carbocycles. The molecule has 1 aromatic heterocycles. The van der Waals surface area contributed by atoms with E-state index in [9.17, 15) is 9.59 Å². The summed E-state index contributed by atoms with van der Waals surface area (Å²) in [4.78, 5) is 36.0. The second-order valence-electron chi connectivity index (χ2n) is 9.00. The summed E-state index contributed by atoms with van der Waals surface area (Å²) in [6.45, 7) is 1.95. The molecule has 0 atom stereocenters. The van der Waals surface area contributed by atoms with Crippen LogP contribution in [0.1, 0.15) is 54.4 Å². The fraction of sp³-hybridized carbons (Fsp3) is 0.500. The predicted octanol–water partition coefficient (Wildman–Crippen LogP) is 3.40. The molecule has 2 aliphatic heterocycles. The van der Waals surface area contributed by atoms with Crippen molar-refractivity contribution >= 4 is 29.4 Å². The third-order valence-electron chi connectivity index (χ3n) is 6.62. The van der Waals surface area contributed by atoms with E-state index in [0.29, 0.717) is 28.8 Å². The Kier molecular flexibility index (Phi) is 6.46. The van der Waals surface area contributed by atoms with E-state index >= 15 is 0 Å². The zero-order chi connectivity index (χ0) is 22.8. The number of rotatable bonds is 6. The lowest BCUT2D eigenvalue weighted by molar-refractivity contribution is -0.122. The van der Waals surface area contributed by atoms with Crippen LogP contribution in [0.5, 0.6) is 0 Å². The van der Waals surface area contributed by atoms with E-state index in [4.69, 9.17) is 16.3 Å². The number of hydrogen-bond acceptors (Lipinski definition) is 6. The standard InChI is InChI=1S/C24H28ClN5O3/c25-20-12-26-24(28-18-7-9-33-10-8-18)29-22(20)15-5-6-16-13-30(23(32)19(16)11-15)14-21(31)27-17-3-1-2-4-17/h5-6,11-12,17-18H,1-4,7-10,13-14H2,(H,27,31)(H,26,28,29). The first-order valence-corrected chi connectivity index (χ1v) is 12.0. The summed E-state index contributed by atoms with van der Waals surface area (Å²) in [5.41, 5.74) is 2.83. The van der Waals surface area contributed by atoms with E-state index in [1.165, 1.54) is 0 Å². The molecule has 174 valence electrons. The van der Waals surface area contributed by atoms with Crippen LogP contribution in [0.25, 0.3) is 11.3 Å². The van der Waals surface area contributed by atoms with Crippen LogP contribution in [0.3, 0.4) is 0 Å². The van der Waals surface area contributed by atoms with Gasteiger partial charge in [0.05, 0.1) is 16.9 Å². The summed E-state index contributed by atoms with van der Waals surface area (Å²) in [5, 5.41) is 6.83. The van der Waals surface area contributed by atoms with E-state index in [-0.39, 0.29) is 30.4 Å². The van der Waals surface area contributed by atoms with Crippen LogP contribution in [-0.4, -0.2) is 58.5 Å². The van der Waals surface area contributed by atoms with Crippen molar-refractivity contribution in [3.05, 3.63) is 40.5 Å². The van der Waals surface area contributed by atoms with E-state index < -0.39 is 0 Å². The predicted molar refractivity (Wildman–Crippen MR) is 125 cm³/mol. The number of aromatic nitrogens is 2. The molecule has 0 bridgehead atoms. The van der Waals surface area contributed by atoms with E-state index in [0.717, 1.165) is 62.9 Å². The highest BCUT2D eigenvalue weighted by Gasteiger charge is 2.30. The van der Waals surface area contributed by atoms with Gasteiger partial charge in [0.25, 0.3) is 5.91 Å². The summed E-state index contributed by atoms with van der Waals surface area (Å²) in [5.74, 6) is 0.281. The number of hydrogen-bond donors (Lipinski definition) is 2. The highest BCUT2D eigenvalue weighted by molar-refractivity contribution is 6.33. The highest BCUT2D eigenvalue weighted by Crippen LogP contribution is 2.31. The maximum absolute atomic E-state index is 13.0. The van der Waals surface area contributed by atoms with Crippen molar-refractivity contribution in [2.45, 2.75) is 57.2 Å². The second kappa shape index (κ2) is 9.65. The van der Waals surface area contributed by atoms with Gasteiger partial charge in [-0.25, -0.2) is 9.97 Å². The first-order chi connectivity index (χ1) is 16.1. The SMILES string of the molecule is O=C(CN1Cc2ccc(-c3nc(NC4CCOCC4)ncc3Cl)cc2C1=O)NC1CCCC1. The number of carbonyl (C=O) groups excluding carboxylic acids is 2. The third kappa shape index (κ3) is 4.96. The average Bonchev–Trinajstić information content (AvgIpc) is 3.43. The maximum atomic E-state index is 13.0. The molecule has 3 heterocycles. The van der Waals surface area contributed by atoms with Crippen molar-refractivity contribution in [3.63, 3.8) is 0 Å². The molecule has 8 nitrogen and oxygen atoms in total. The molecule has 2 amide bonds. The molecule has 2 N–H and O–H groups in total. The number of amides is 2. The number of fused-ring (bicyclic) bond motifs is 1. The Labute approximate surface area is 198 Å². The molecule has 2 fully saturated rings. The quantitative estimate of drug-likeness (QED) is 0.673. The molecule has 2 aromatic rings. The van der Waals surface area contributed by atoms with Crippen LogP contribution in [0.2, 0.25) is 5.02 Å². The van der Waals surface area contributed by atoms with E-state index in [2.05, 4.69) is 20.6 Å². The third-order valence-corrected chi connectivity index (χ3v) is 6.89. The van der Waals surface area contributed by atoms with Gasteiger partial charge in [-0.2, -0.15) is 0 Å². The Balaban J connectivity index is 1.30. The van der Waals surface area contributed by atoms with Gasteiger partial charge >= 0.3 is 0 Å². The van der Waals surface area contributed by atoms with Crippen molar-refractivity contribution in [1.82, 2.24) is 20.2 Å². The Bertz CT molecular complexity index is 1050. The number of halogens is 1. The van der Waals surface area contributed by atoms with Crippen LogP contribution in [-0.2, 0) is 16.1 Å². The lowest BCUT2D eigenvalue weighted by Gasteiger charge is -2.23. The Morgan fingerprint density at radius 3 is 2.73 bits per heavy atom. The summed E-state index contributed by atoms with van der Waals surface area (Å²) >= 11 is 6.42. The molecule has 33 heavy (non-hydrogen) atoms. The number of nitrogens with zero attached hydrogens (tertiary/aromatic N) is 3. The summed E-state index contributed by atoms with van der Waals surface area (Å²) < 4.78 is 5.40. The van der Waals surface area contributed by atoms with Crippen molar-refractivity contribution in [2.24, 2.45) is 0 Å². The summed E-state index contributed by atoms with van der Waals surface area (Å²) in [6, 6.07) is 6.16. The lowest BCUT2D eigenvalue weighted by atomic mass is 10.0. The van der Waals surface area contributed by atoms with Gasteiger partial charge in [0.2, 0.25) is 11.9 Å². The zero-order valence-electron chi connectivity index (χ0n) is 18.5. The van der Waals surface area contributed by atoms with Gasteiger partial charge in [-0.15, -0.1) is 0 Å². The van der Waals surface area contributed by atoms with Gasteiger partial charge in [0.15, 0.2) is 0 Å². The lowest BCUT2D eigenvalue weighted by Crippen LogP contribution is -2.41. The second-order valence-corrected chi connectivity index (χ2v) is 9.41. The molecule has 9 heteroatoms. The van der Waals surface area contributed by atoms with Crippen LogP contribution in [0.4, 0.5) is 5.95 Å². The summed E-state index contributed by atoms with van der Waals surface area (Å²) in [6.07, 6.45) is 7.74. The molecule has 3 aliphatic rings. The number of benzene rings is 1. The first kappa shape index (κ1) is 22.1. The van der Waals surface area contributed by atoms with Crippen LogP contribution in [0, 0.1) is 0 Å². The van der Waals surface area contributed by atoms with Crippen molar-refractivity contribution in [3.8, 4) is 11.3 Å². The number of ether oxygens (including phenoxy) is 1. The zero-order valence-corrected chi connectivity index (χ0v) is 19.2. The highest BCUT2D eigenvalue weighted by atomic mass is 35.5. The fourth-order valence-corrected chi connectivity index (χ4v) is 5.02. The fourth-order valence-electron chi connectivity index (χ4n) is 4.82. The van der Waals surface area contributed by atoms with E-state index in [1.807, 2.05) is 18.2 Å². The Morgan fingerprint density at radius 1 is 1.15 bits per heavy atom. The number of nitrogens with one attached hydrogen (secondary N) is 2. The molecule has 5 rings (SSSR count). The van der Waals surface area contributed by atoms with Gasteiger partial charge in [-0.05, 0) is 37.3 Å². The molecule has 1 saturated heterocycles. The Hall–Kier alpha value is -2.71. The molecule has 0 unspecified atom stereocenters. The van der Waals surface area contributed by atoms with Crippen molar-refractivity contribution in [2.75, 3.05) is 25.1 Å². The monoisotopic (exact) mass is 469 g/mol. The molecular weight excluding hydrogens is 442 g/mol. The summed E-state index contributed by atoms with van der Waals surface area (Å²) in [7, 11) is 0. The van der Waals surface area contributed by atoms with Gasteiger partial charge in [0.1, 0.15) is 6.54 Å². The molecule has 1 saturated carbocycles. The topological polar surface area (TPSA) is 96.5 Å². The largest absolute Gasteiger partial charge is 0.381 e. The first-order valence-electron chi connectivity index (χ1n) is 11.7. The van der Waals surface area contributed by atoms with Gasteiger partial charge in [-0.3, -0.25) is 9.59 Å².